The minimum absolute atomic E-state index is 0.187. The van der Waals surface area contributed by atoms with Crippen LogP contribution in [-0.4, -0.2) is 39.7 Å². The summed E-state index contributed by atoms with van der Waals surface area (Å²) in [7, 11) is -4.51. The number of hydrogen-bond acceptors (Lipinski definition) is 6. The lowest BCUT2D eigenvalue weighted by molar-refractivity contribution is -0.138. The maximum absolute atomic E-state index is 12.6. The van der Waals surface area contributed by atoms with Crippen molar-refractivity contribution in [2.45, 2.75) is 31.4 Å². The maximum atomic E-state index is 12.6. The molecule has 2 bridgehead atoms. The molecule has 2 aliphatic carbocycles. The van der Waals surface area contributed by atoms with Crippen molar-refractivity contribution in [3.63, 3.8) is 0 Å². The molecule has 0 aromatic carbocycles. The standard InChI is InChI=1S/C14H17F3O6S/c1-8-6-11(18)10-4-5-13(8,12(10)22-7-21-3)9(2)23-24(19,20)14(15,16)17/h6,10,12H,2,4-5,7H2,1,3H3/t10-,12+,13+/m0/s1. The average Bonchev–Trinajstić information content (AvgIpc) is 2.77. The van der Waals surface area contributed by atoms with E-state index in [1.807, 2.05) is 0 Å². The van der Waals surface area contributed by atoms with Gasteiger partial charge in [0.2, 0.25) is 0 Å². The van der Waals surface area contributed by atoms with E-state index in [-0.39, 0.29) is 19.0 Å². The Bertz CT molecular complexity index is 681. The van der Waals surface area contributed by atoms with E-state index in [0.717, 1.165) is 0 Å². The van der Waals surface area contributed by atoms with E-state index in [2.05, 4.69) is 10.8 Å². The Balaban J connectivity index is 2.41. The molecule has 0 aliphatic heterocycles. The topological polar surface area (TPSA) is 78.9 Å². The van der Waals surface area contributed by atoms with Gasteiger partial charge in [-0.3, -0.25) is 4.79 Å². The SMILES string of the molecule is C=C(OS(=O)(=O)C(F)(F)F)[C@@]12CC[C@@H](C(=O)C=C1C)[C@H]2OCOC. The minimum Gasteiger partial charge on any atom is -0.380 e. The van der Waals surface area contributed by atoms with E-state index in [4.69, 9.17) is 9.47 Å². The lowest BCUT2D eigenvalue weighted by Crippen LogP contribution is -2.45. The zero-order chi connectivity index (χ0) is 18.3. The van der Waals surface area contributed by atoms with Crippen molar-refractivity contribution in [1.29, 1.82) is 0 Å². The van der Waals surface area contributed by atoms with E-state index < -0.39 is 38.8 Å². The van der Waals surface area contributed by atoms with Gasteiger partial charge in [-0.15, -0.1) is 0 Å². The molecule has 6 nitrogen and oxygen atoms in total. The first-order chi connectivity index (χ1) is 11.0. The molecule has 1 fully saturated rings. The van der Waals surface area contributed by atoms with Crippen molar-refractivity contribution in [1.82, 2.24) is 0 Å². The van der Waals surface area contributed by atoms with Crippen LogP contribution in [0.3, 0.4) is 0 Å². The Morgan fingerprint density at radius 1 is 1.46 bits per heavy atom. The molecule has 3 atom stereocenters. The van der Waals surface area contributed by atoms with Gasteiger partial charge in [-0.05, 0) is 25.8 Å². The molecule has 2 rings (SSSR count). The third-order valence-corrected chi connectivity index (χ3v) is 5.47. The zero-order valence-electron chi connectivity index (χ0n) is 13.1. The first-order valence-electron chi connectivity index (χ1n) is 7.00. The van der Waals surface area contributed by atoms with Crippen LogP contribution < -0.4 is 0 Å². The number of fused-ring (bicyclic) bond motifs is 2. The van der Waals surface area contributed by atoms with Crippen LogP contribution in [0.4, 0.5) is 13.2 Å². The van der Waals surface area contributed by atoms with E-state index in [1.165, 1.54) is 20.1 Å². The number of carbonyl (C=O) groups excluding carboxylic acids is 1. The molecule has 0 aromatic rings. The summed E-state index contributed by atoms with van der Waals surface area (Å²) in [6, 6.07) is 0. The van der Waals surface area contributed by atoms with Gasteiger partial charge in [0.25, 0.3) is 0 Å². The summed E-state index contributed by atoms with van der Waals surface area (Å²) in [4.78, 5) is 12.1. The number of allylic oxidation sites excluding steroid dienone is 1. The molecule has 2 aliphatic rings. The Morgan fingerprint density at radius 3 is 2.62 bits per heavy atom. The molecular weight excluding hydrogens is 353 g/mol. The number of carbonyl (C=O) groups is 1. The van der Waals surface area contributed by atoms with E-state index in [0.29, 0.717) is 12.0 Å². The molecule has 10 heteroatoms. The lowest BCUT2D eigenvalue weighted by Gasteiger charge is -2.40. The summed E-state index contributed by atoms with van der Waals surface area (Å²) < 4.78 is 74.9. The van der Waals surface area contributed by atoms with Crippen molar-refractivity contribution in [3.05, 3.63) is 24.0 Å². The maximum Gasteiger partial charge on any atom is 0.534 e. The van der Waals surface area contributed by atoms with Crippen molar-refractivity contribution in [3.8, 4) is 0 Å². The highest BCUT2D eigenvalue weighted by atomic mass is 32.2. The van der Waals surface area contributed by atoms with Crippen molar-refractivity contribution in [2.75, 3.05) is 13.9 Å². The van der Waals surface area contributed by atoms with Crippen LogP contribution in [0.5, 0.6) is 0 Å². The number of rotatable bonds is 6. The molecule has 0 aromatic heterocycles. The lowest BCUT2D eigenvalue weighted by atomic mass is 9.71. The quantitative estimate of drug-likeness (QED) is 0.309. The molecule has 0 N–H and O–H groups in total. The second-order valence-electron chi connectivity index (χ2n) is 5.75. The van der Waals surface area contributed by atoms with Gasteiger partial charge >= 0.3 is 15.6 Å². The molecule has 136 valence electrons. The summed E-state index contributed by atoms with van der Waals surface area (Å²) in [5, 5.41) is 0. The molecule has 1 saturated carbocycles. The summed E-state index contributed by atoms with van der Waals surface area (Å²) in [5.74, 6) is -1.45. The predicted octanol–water partition coefficient (Wildman–Crippen LogP) is 2.28. The van der Waals surface area contributed by atoms with Crippen molar-refractivity contribution >= 4 is 15.9 Å². The van der Waals surface area contributed by atoms with E-state index >= 15 is 0 Å². The van der Waals surface area contributed by atoms with Gasteiger partial charge in [0.05, 0.1) is 11.5 Å². The highest BCUT2D eigenvalue weighted by Gasteiger charge is 2.60. The first-order valence-corrected chi connectivity index (χ1v) is 8.41. The minimum atomic E-state index is -5.86. The average molecular weight is 370 g/mol. The van der Waals surface area contributed by atoms with Crippen LogP contribution in [0.2, 0.25) is 0 Å². The molecule has 0 heterocycles. The molecule has 24 heavy (non-hydrogen) atoms. The van der Waals surface area contributed by atoms with Gasteiger partial charge < -0.3 is 13.7 Å². The molecule has 0 radical (unpaired) electrons. The van der Waals surface area contributed by atoms with Gasteiger partial charge in [-0.2, -0.15) is 21.6 Å². The number of methoxy groups -OCH3 is 1. The molecule has 0 spiro atoms. The van der Waals surface area contributed by atoms with Gasteiger partial charge in [-0.1, -0.05) is 12.2 Å². The third kappa shape index (κ3) is 2.86. The smallest absolute Gasteiger partial charge is 0.380 e. The van der Waals surface area contributed by atoms with E-state index in [9.17, 15) is 26.4 Å². The fourth-order valence-corrected chi connectivity index (χ4v) is 3.86. The fourth-order valence-electron chi connectivity index (χ4n) is 3.35. The Morgan fingerprint density at radius 2 is 2.08 bits per heavy atom. The number of ether oxygens (including phenoxy) is 2. The Labute approximate surface area is 137 Å². The summed E-state index contributed by atoms with van der Waals surface area (Å²) in [5.41, 5.74) is -6.55. The fraction of sp³-hybridized carbons (Fsp3) is 0.643. The third-order valence-electron chi connectivity index (χ3n) is 4.49. The van der Waals surface area contributed by atoms with Crippen LogP contribution in [-0.2, 0) is 28.6 Å². The normalized spacial score (nSPS) is 30.2. The van der Waals surface area contributed by atoms with Crippen molar-refractivity contribution in [2.24, 2.45) is 11.3 Å². The second kappa shape index (κ2) is 6.16. The summed E-state index contributed by atoms with van der Waals surface area (Å²) >= 11 is 0. The Hall–Kier alpha value is -1.39. The van der Waals surface area contributed by atoms with Crippen LogP contribution in [0.25, 0.3) is 0 Å². The number of halogens is 3. The van der Waals surface area contributed by atoms with Crippen LogP contribution in [0.1, 0.15) is 19.8 Å². The molecular formula is C14H17F3O6S. The van der Waals surface area contributed by atoms with Gasteiger partial charge in [0, 0.05) is 13.0 Å². The predicted molar refractivity (Wildman–Crippen MR) is 75.9 cm³/mol. The van der Waals surface area contributed by atoms with Gasteiger partial charge in [0.1, 0.15) is 12.6 Å². The number of ketones is 1. The van der Waals surface area contributed by atoms with Crippen LogP contribution in [0.15, 0.2) is 24.0 Å². The number of hydrogen-bond donors (Lipinski definition) is 0. The highest BCUT2D eigenvalue weighted by Crippen LogP contribution is 2.56. The highest BCUT2D eigenvalue weighted by molar-refractivity contribution is 7.87. The number of alkyl halides is 3. The summed E-state index contributed by atoms with van der Waals surface area (Å²) in [6.07, 6.45) is 0.881. The van der Waals surface area contributed by atoms with Gasteiger partial charge in [0.15, 0.2) is 5.78 Å². The molecule has 0 unspecified atom stereocenters. The first kappa shape index (κ1) is 18.9. The molecule has 0 amide bonds. The zero-order valence-corrected chi connectivity index (χ0v) is 13.9. The molecule has 0 saturated heterocycles. The second-order valence-corrected chi connectivity index (χ2v) is 7.28. The van der Waals surface area contributed by atoms with E-state index in [1.54, 1.807) is 0 Å². The summed E-state index contributed by atoms with van der Waals surface area (Å²) in [6.45, 7) is 4.71. The Kier molecular flexibility index (Phi) is 4.86. The van der Waals surface area contributed by atoms with Crippen LogP contribution in [0, 0.1) is 11.3 Å². The largest absolute Gasteiger partial charge is 0.534 e. The monoisotopic (exact) mass is 370 g/mol. The van der Waals surface area contributed by atoms with Crippen molar-refractivity contribution < 1.29 is 40.0 Å². The van der Waals surface area contributed by atoms with Crippen LogP contribution >= 0.6 is 0 Å². The van der Waals surface area contributed by atoms with Gasteiger partial charge in [-0.25, -0.2) is 0 Å².